The van der Waals surface area contributed by atoms with Gasteiger partial charge in [0.25, 0.3) is 0 Å². The van der Waals surface area contributed by atoms with Crippen LogP contribution >= 0.6 is 0 Å². The molecule has 0 amide bonds. The van der Waals surface area contributed by atoms with Gasteiger partial charge < -0.3 is 4.74 Å². The largest absolute Gasteiger partial charge is 0.469 e. The van der Waals surface area contributed by atoms with E-state index in [-0.39, 0.29) is 12.4 Å². The molecule has 0 aliphatic rings. The Morgan fingerprint density at radius 3 is 2.68 bits per heavy atom. The predicted octanol–water partition coefficient (Wildman–Crippen LogP) is 1.70. The lowest BCUT2D eigenvalue weighted by molar-refractivity contribution is -0.139. The SMILES string of the molecule is COC(=O)Cc1nn(C)c2c1nnc1c(-c3ccc(C)cc3)cnn12. The first-order valence-corrected chi connectivity index (χ1v) is 7.78. The number of rotatable bonds is 3. The smallest absolute Gasteiger partial charge is 0.311 e. The Labute approximate surface area is 143 Å². The van der Waals surface area contributed by atoms with Crippen molar-refractivity contribution in [2.24, 2.45) is 7.05 Å². The third-order valence-corrected chi connectivity index (χ3v) is 4.15. The monoisotopic (exact) mass is 336 g/mol. The lowest BCUT2D eigenvalue weighted by atomic mass is 10.1. The van der Waals surface area contributed by atoms with E-state index in [0.717, 1.165) is 11.1 Å². The van der Waals surface area contributed by atoms with E-state index in [0.29, 0.717) is 22.5 Å². The van der Waals surface area contributed by atoms with Gasteiger partial charge in [0.05, 0.1) is 19.7 Å². The Bertz CT molecular complexity index is 1090. The normalized spacial score (nSPS) is 11.3. The minimum Gasteiger partial charge on any atom is -0.469 e. The number of carbonyl (C=O) groups is 1. The standard InChI is InChI=1S/C17H16N6O2/c1-10-4-6-11(7-5-10)12-9-18-23-16(12)20-19-15-13(8-14(24)25-3)21-22(2)17(15)23/h4-7,9H,8H2,1-3H3. The number of aromatic nitrogens is 6. The summed E-state index contributed by atoms with van der Waals surface area (Å²) >= 11 is 0. The first-order chi connectivity index (χ1) is 12.1. The third-order valence-electron chi connectivity index (χ3n) is 4.15. The molecule has 0 saturated carbocycles. The summed E-state index contributed by atoms with van der Waals surface area (Å²) in [5.74, 6) is -0.372. The fraction of sp³-hybridized carbons (Fsp3) is 0.235. The van der Waals surface area contributed by atoms with Gasteiger partial charge in [-0.3, -0.25) is 4.79 Å². The number of hydrogen-bond donors (Lipinski definition) is 0. The minimum atomic E-state index is -0.372. The molecule has 4 rings (SSSR count). The molecule has 0 spiro atoms. The summed E-state index contributed by atoms with van der Waals surface area (Å²) in [5.41, 5.74) is 5.49. The number of benzene rings is 1. The Balaban J connectivity index is 1.91. The second-order valence-corrected chi connectivity index (χ2v) is 5.86. The van der Waals surface area contributed by atoms with Crippen molar-refractivity contribution in [1.29, 1.82) is 0 Å². The van der Waals surface area contributed by atoms with Gasteiger partial charge in [-0.15, -0.1) is 10.2 Å². The molecule has 8 heteroatoms. The molecule has 3 heterocycles. The summed E-state index contributed by atoms with van der Waals surface area (Å²) in [6.07, 6.45) is 1.81. The first kappa shape index (κ1) is 15.3. The molecule has 1 aromatic carbocycles. The number of methoxy groups -OCH3 is 1. The average Bonchev–Trinajstić information content (AvgIpc) is 3.17. The van der Waals surface area contributed by atoms with Gasteiger partial charge in [-0.1, -0.05) is 29.8 Å². The highest BCUT2D eigenvalue weighted by Gasteiger charge is 2.19. The van der Waals surface area contributed by atoms with Crippen molar-refractivity contribution in [1.82, 2.24) is 29.6 Å². The van der Waals surface area contributed by atoms with Gasteiger partial charge in [-0.2, -0.15) is 14.7 Å². The van der Waals surface area contributed by atoms with E-state index in [4.69, 9.17) is 4.74 Å². The topological polar surface area (TPSA) is 87.2 Å². The Kier molecular flexibility index (Phi) is 3.45. The molecule has 8 nitrogen and oxygen atoms in total. The van der Waals surface area contributed by atoms with Crippen molar-refractivity contribution in [2.45, 2.75) is 13.3 Å². The maximum absolute atomic E-state index is 11.6. The van der Waals surface area contributed by atoms with Gasteiger partial charge in [-0.05, 0) is 12.5 Å². The van der Waals surface area contributed by atoms with Crippen LogP contribution in [0, 0.1) is 6.92 Å². The number of carbonyl (C=O) groups excluding carboxylic acids is 1. The molecule has 0 aliphatic carbocycles. The number of ether oxygens (including phenoxy) is 1. The summed E-state index contributed by atoms with van der Waals surface area (Å²) in [6.45, 7) is 2.04. The molecule has 0 radical (unpaired) electrons. The van der Waals surface area contributed by atoms with E-state index in [1.165, 1.54) is 12.7 Å². The number of aryl methyl sites for hydroxylation is 2. The summed E-state index contributed by atoms with van der Waals surface area (Å²) in [6, 6.07) is 8.15. The molecule has 0 atom stereocenters. The maximum Gasteiger partial charge on any atom is 0.311 e. The highest BCUT2D eigenvalue weighted by molar-refractivity contribution is 5.85. The van der Waals surface area contributed by atoms with Crippen LogP contribution in [0.15, 0.2) is 30.5 Å². The minimum absolute atomic E-state index is 0.0418. The number of nitrogens with zero attached hydrogens (tertiary/aromatic N) is 6. The molecule has 25 heavy (non-hydrogen) atoms. The number of fused-ring (bicyclic) bond motifs is 3. The van der Waals surface area contributed by atoms with E-state index in [1.807, 2.05) is 31.2 Å². The van der Waals surface area contributed by atoms with Crippen LogP contribution in [0.2, 0.25) is 0 Å². The van der Waals surface area contributed by atoms with Crippen LogP contribution in [0.25, 0.3) is 27.9 Å². The fourth-order valence-corrected chi connectivity index (χ4v) is 2.85. The summed E-state index contributed by atoms with van der Waals surface area (Å²) in [5, 5.41) is 17.4. The summed E-state index contributed by atoms with van der Waals surface area (Å²) in [4.78, 5) is 11.6. The third kappa shape index (κ3) is 2.42. The maximum atomic E-state index is 11.6. The average molecular weight is 336 g/mol. The zero-order valence-electron chi connectivity index (χ0n) is 14.1. The lowest BCUT2D eigenvalue weighted by Crippen LogP contribution is -2.06. The number of hydrogen-bond acceptors (Lipinski definition) is 6. The van der Waals surface area contributed by atoms with E-state index in [2.05, 4.69) is 20.4 Å². The van der Waals surface area contributed by atoms with E-state index < -0.39 is 0 Å². The van der Waals surface area contributed by atoms with Crippen LogP contribution in [0.3, 0.4) is 0 Å². The van der Waals surface area contributed by atoms with Crippen molar-refractivity contribution < 1.29 is 9.53 Å². The van der Waals surface area contributed by atoms with Crippen LogP contribution in [0.1, 0.15) is 11.3 Å². The molecule has 4 aromatic rings. The summed E-state index contributed by atoms with van der Waals surface area (Å²) in [7, 11) is 3.14. The Morgan fingerprint density at radius 1 is 1.20 bits per heavy atom. The molecule has 0 N–H and O–H groups in total. The Hall–Kier alpha value is -3.29. The highest BCUT2D eigenvalue weighted by Crippen LogP contribution is 2.26. The van der Waals surface area contributed by atoms with E-state index >= 15 is 0 Å². The lowest BCUT2D eigenvalue weighted by Gasteiger charge is -2.01. The zero-order chi connectivity index (χ0) is 17.6. The Morgan fingerprint density at radius 2 is 1.96 bits per heavy atom. The van der Waals surface area contributed by atoms with Crippen LogP contribution < -0.4 is 0 Å². The molecule has 0 bridgehead atoms. The van der Waals surface area contributed by atoms with Gasteiger partial charge in [0, 0.05) is 12.6 Å². The number of esters is 1. The van der Waals surface area contributed by atoms with Gasteiger partial charge in [0.1, 0.15) is 5.69 Å². The van der Waals surface area contributed by atoms with Gasteiger partial charge in [-0.25, -0.2) is 4.68 Å². The van der Waals surface area contributed by atoms with Gasteiger partial charge in [0.2, 0.25) is 0 Å². The fourth-order valence-electron chi connectivity index (χ4n) is 2.85. The molecular formula is C17H16N6O2. The van der Waals surface area contributed by atoms with Crippen LogP contribution in [-0.4, -0.2) is 42.7 Å². The quantitative estimate of drug-likeness (QED) is 0.529. The molecule has 0 aliphatic heterocycles. The predicted molar refractivity (Wildman–Crippen MR) is 90.9 cm³/mol. The molecule has 0 saturated heterocycles. The molecule has 126 valence electrons. The van der Waals surface area contributed by atoms with Crippen molar-refractivity contribution >= 4 is 22.8 Å². The van der Waals surface area contributed by atoms with Crippen molar-refractivity contribution in [2.75, 3.05) is 7.11 Å². The van der Waals surface area contributed by atoms with E-state index in [1.54, 1.807) is 22.4 Å². The van der Waals surface area contributed by atoms with Crippen molar-refractivity contribution in [3.63, 3.8) is 0 Å². The molecule has 0 unspecified atom stereocenters. The van der Waals surface area contributed by atoms with Crippen molar-refractivity contribution in [3.05, 3.63) is 41.7 Å². The molecule has 3 aromatic heterocycles. The van der Waals surface area contributed by atoms with Crippen LogP contribution in [-0.2, 0) is 23.0 Å². The first-order valence-electron chi connectivity index (χ1n) is 7.78. The second kappa shape index (κ2) is 5.66. The summed E-state index contributed by atoms with van der Waals surface area (Å²) < 4.78 is 8.07. The highest BCUT2D eigenvalue weighted by atomic mass is 16.5. The van der Waals surface area contributed by atoms with E-state index in [9.17, 15) is 4.79 Å². The van der Waals surface area contributed by atoms with Gasteiger partial charge >= 0.3 is 5.97 Å². The van der Waals surface area contributed by atoms with Gasteiger partial charge in [0.15, 0.2) is 16.8 Å². The molecule has 0 fully saturated rings. The van der Waals surface area contributed by atoms with Crippen molar-refractivity contribution in [3.8, 4) is 11.1 Å². The van der Waals surface area contributed by atoms with Crippen LogP contribution in [0.4, 0.5) is 0 Å². The zero-order valence-corrected chi connectivity index (χ0v) is 14.1. The second-order valence-electron chi connectivity index (χ2n) is 5.86. The van der Waals surface area contributed by atoms with Crippen LogP contribution in [0.5, 0.6) is 0 Å². The molecular weight excluding hydrogens is 320 g/mol.